The molecule has 3 heteroatoms. The molecule has 0 aliphatic rings. The van der Waals surface area contributed by atoms with Crippen LogP contribution in [0.3, 0.4) is 0 Å². The molecule has 0 unspecified atom stereocenters. The number of Topliss-reactive ketones (excluding diaryl/α,β-unsaturated/α-hetero) is 1. The molecule has 0 atom stereocenters. The summed E-state index contributed by atoms with van der Waals surface area (Å²) in [7, 11) is 0. The van der Waals surface area contributed by atoms with Gasteiger partial charge in [0.15, 0.2) is 0 Å². The minimum Gasteiger partial charge on any atom is -0.412 e. The number of rotatable bonds is 2. The molecule has 74 valence electrons. The van der Waals surface area contributed by atoms with E-state index in [1.54, 1.807) is 6.92 Å². The molecule has 0 radical (unpaired) electrons. The Bertz CT molecular complexity index is 251. The van der Waals surface area contributed by atoms with E-state index in [1.165, 1.54) is 5.56 Å². The van der Waals surface area contributed by atoms with Crippen molar-refractivity contribution in [2.45, 2.75) is 20.3 Å². The van der Waals surface area contributed by atoms with Gasteiger partial charge in [0.1, 0.15) is 5.78 Å². The first-order chi connectivity index (χ1) is 5.18. The number of aryl methyl sites for hydroxylation is 1. The second-order valence-electron chi connectivity index (χ2n) is 2.86. The maximum atomic E-state index is 10.7. The van der Waals surface area contributed by atoms with Crippen LogP contribution in [0.25, 0.3) is 0 Å². The summed E-state index contributed by atoms with van der Waals surface area (Å²) in [6, 6.07) is 8.05. The second kappa shape index (κ2) is 6.34. The Morgan fingerprint density at radius 3 is 2.00 bits per heavy atom. The van der Waals surface area contributed by atoms with Gasteiger partial charge >= 0.3 is 0 Å². The summed E-state index contributed by atoms with van der Waals surface area (Å²) in [6.45, 7) is 3.65. The third-order valence-electron chi connectivity index (χ3n) is 1.57. The van der Waals surface area contributed by atoms with E-state index in [2.05, 4.69) is 0 Å². The van der Waals surface area contributed by atoms with Crippen molar-refractivity contribution in [3.05, 3.63) is 35.4 Å². The van der Waals surface area contributed by atoms with Crippen molar-refractivity contribution in [3.63, 3.8) is 0 Å². The lowest BCUT2D eigenvalue weighted by atomic mass is 10.1. The van der Waals surface area contributed by atoms with Crippen LogP contribution in [0.1, 0.15) is 18.1 Å². The fourth-order valence-corrected chi connectivity index (χ4v) is 0.993. The predicted molar refractivity (Wildman–Crippen MR) is 52.8 cm³/mol. The quantitative estimate of drug-likeness (QED) is 0.658. The van der Waals surface area contributed by atoms with Crippen LogP contribution in [0.2, 0.25) is 0 Å². The van der Waals surface area contributed by atoms with Crippen molar-refractivity contribution in [2.75, 3.05) is 0 Å². The van der Waals surface area contributed by atoms with E-state index in [0.717, 1.165) is 5.56 Å². The Hall–Kier alpha value is -1.19. The maximum Gasteiger partial charge on any atom is 0.134 e. The lowest BCUT2D eigenvalue weighted by Gasteiger charge is -1.96. The lowest BCUT2D eigenvalue weighted by Crippen LogP contribution is -1.95. The first kappa shape index (κ1) is 14.3. The number of carbonyl (C=O) groups is 1. The zero-order valence-electron chi connectivity index (χ0n) is 7.92. The van der Waals surface area contributed by atoms with Crippen molar-refractivity contribution in [2.24, 2.45) is 0 Å². The topological polar surface area (TPSA) is 80.1 Å². The molecule has 0 amide bonds. The van der Waals surface area contributed by atoms with Crippen LogP contribution in [0.15, 0.2) is 24.3 Å². The minimum atomic E-state index is 0. The van der Waals surface area contributed by atoms with Gasteiger partial charge in [0, 0.05) is 6.42 Å². The van der Waals surface area contributed by atoms with Crippen LogP contribution in [0, 0.1) is 6.92 Å². The summed E-state index contributed by atoms with van der Waals surface area (Å²) in [6.07, 6.45) is 0.556. The summed E-state index contributed by atoms with van der Waals surface area (Å²) in [5.74, 6) is 0.217. The zero-order chi connectivity index (χ0) is 8.27. The average molecular weight is 184 g/mol. The van der Waals surface area contributed by atoms with Crippen molar-refractivity contribution in [1.29, 1.82) is 0 Å². The highest BCUT2D eigenvalue weighted by Gasteiger charge is 1.95. The van der Waals surface area contributed by atoms with Gasteiger partial charge < -0.3 is 11.0 Å². The van der Waals surface area contributed by atoms with Crippen molar-refractivity contribution in [1.82, 2.24) is 0 Å². The highest BCUT2D eigenvalue weighted by molar-refractivity contribution is 5.78. The molecule has 0 saturated heterocycles. The molecular weight excluding hydrogens is 168 g/mol. The van der Waals surface area contributed by atoms with E-state index in [1.807, 2.05) is 31.2 Å². The standard InChI is InChI=1S/C10H12O.2H2O/c1-8-3-5-10(6-4-8)7-9(2)11;;/h3-6H,7H2,1-2H3;2*1H2. The van der Waals surface area contributed by atoms with Crippen molar-refractivity contribution >= 4 is 5.78 Å². The highest BCUT2D eigenvalue weighted by Crippen LogP contribution is 2.03. The average Bonchev–Trinajstić information content (AvgIpc) is 1.93. The van der Waals surface area contributed by atoms with Crippen LogP contribution in [-0.4, -0.2) is 16.7 Å². The van der Waals surface area contributed by atoms with Gasteiger partial charge in [-0.1, -0.05) is 29.8 Å². The van der Waals surface area contributed by atoms with E-state index < -0.39 is 0 Å². The smallest absolute Gasteiger partial charge is 0.134 e. The molecule has 0 fully saturated rings. The summed E-state index contributed by atoms with van der Waals surface area (Å²) in [4.78, 5) is 10.7. The molecule has 0 saturated carbocycles. The Morgan fingerprint density at radius 2 is 1.62 bits per heavy atom. The first-order valence-electron chi connectivity index (χ1n) is 3.73. The largest absolute Gasteiger partial charge is 0.412 e. The number of carbonyl (C=O) groups excluding carboxylic acids is 1. The SMILES string of the molecule is CC(=O)Cc1ccc(C)cc1.O.O. The summed E-state index contributed by atoms with van der Waals surface area (Å²) < 4.78 is 0. The molecular formula is C10H16O3. The van der Waals surface area contributed by atoms with Crippen LogP contribution >= 0.6 is 0 Å². The predicted octanol–water partition coefficient (Wildman–Crippen LogP) is 0.477. The van der Waals surface area contributed by atoms with Gasteiger partial charge in [0.05, 0.1) is 0 Å². The zero-order valence-corrected chi connectivity index (χ0v) is 7.92. The van der Waals surface area contributed by atoms with E-state index in [9.17, 15) is 4.79 Å². The molecule has 13 heavy (non-hydrogen) atoms. The van der Waals surface area contributed by atoms with E-state index >= 15 is 0 Å². The second-order valence-corrected chi connectivity index (χ2v) is 2.86. The summed E-state index contributed by atoms with van der Waals surface area (Å²) in [5.41, 5.74) is 2.33. The molecule has 1 rings (SSSR count). The van der Waals surface area contributed by atoms with Gasteiger partial charge in [-0.05, 0) is 19.4 Å². The summed E-state index contributed by atoms with van der Waals surface area (Å²) in [5, 5.41) is 0. The fraction of sp³-hybridized carbons (Fsp3) is 0.300. The van der Waals surface area contributed by atoms with Gasteiger partial charge in [0.25, 0.3) is 0 Å². The van der Waals surface area contributed by atoms with E-state index in [0.29, 0.717) is 6.42 Å². The molecule has 1 aromatic rings. The normalized spacial score (nSPS) is 8.15. The van der Waals surface area contributed by atoms with Crippen molar-refractivity contribution < 1.29 is 15.7 Å². The lowest BCUT2D eigenvalue weighted by molar-refractivity contribution is -0.116. The molecule has 0 heterocycles. The molecule has 0 aliphatic carbocycles. The molecule has 4 N–H and O–H groups in total. The van der Waals surface area contributed by atoms with Crippen LogP contribution in [0.4, 0.5) is 0 Å². The molecule has 0 spiro atoms. The van der Waals surface area contributed by atoms with Crippen molar-refractivity contribution in [3.8, 4) is 0 Å². The van der Waals surface area contributed by atoms with Crippen LogP contribution < -0.4 is 0 Å². The summed E-state index contributed by atoms with van der Waals surface area (Å²) >= 11 is 0. The third kappa shape index (κ3) is 5.11. The molecule has 0 aliphatic heterocycles. The third-order valence-corrected chi connectivity index (χ3v) is 1.57. The van der Waals surface area contributed by atoms with E-state index in [4.69, 9.17) is 0 Å². The van der Waals surface area contributed by atoms with Gasteiger partial charge in [-0.3, -0.25) is 4.79 Å². The minimum absolute atomic E-state index is 0. The number of ketones is 1. The van der Waals surface area contributed by atoms with Gasteiger partial charge in [0.2, 0.25) is 0 Å². The van der Waals surface area contributed by atoms with E-state index in [-0.39, 0.29) is 16.7 Å². The Morgan fingerprint density at radius 1 is 1.15 bits per heavy atom. The molecule has 0 aromatic heterocycles. The maximum absolute atomic E-state index is 10.7. The molecule has 1 aromatic carbocycles. The highest BCUT2D eigenvalue weighted by atomic mass is 16.1. The number of hydrogen-bond donors (Lipinski definition) is 0. The number of benzene rings is 1. The Kier molecular flexibility index (Phi) is 6.99. The van der Waals surface area contributed by atoms with Gasteiger partial charge in [-0.2, -0.15) is 0 Å². The monoisotopic (exact) mass is 184 g/mol. The Balaban J connectivity index is 0. The molecule has 0 bridgehead atoms. The fourth-order valence-electron chi connectivity index (χ4n) is 0.993. The van der Waals surface area contributed by atoms with Gasteiger partial charge in [-0.25, -0.2) is 0 Å². The number of hydrogen-bond acceptors (Lipinski definition) is 1. The van der Waals surface area contributed by atoms with Crippen LogP contribution in [-0.2, 0) is 11.2 Å². The molecule has 3 nitrogen and oxygen atoms in total. The Labute approximate surface area is 78.0 Å². The van der Waals surface area contributed by atoms with Gasteiger partial charge in [-0.15, -0.1) is 0 Å². The first-order valence-corrected chi connectivity index (χ1v) is 3.73. The van der Waals surface area contributed by atoms with Crippen LogP contribution in [0.5, 0.6) is 0 Å².